The number of anilines is 1. The number of hydrogen-bond donors (Lipinski definition) is 1. The number of amides is 1. The molecule has 0 saturated carbocycles. The molecule has 1 saturated heterocycles. The van der Waals surface area contributed by atoms with E-state index in [0.717, 1.165) is 56.7 Å². The lowest BCUT2D eigenvalue weighted by Crippen LogP contribution is -2.47. The van der Waals surface area contributed by atoms with E-state index in [-0.39, 0.29) is 5.91 Å². The van der Waals surface area contributed by atoms with E-state index in [1.165, 1.54) is 0 Å². The van der Waals surface area contributed by atoms with Crippen LogP contribution in [-0.4, -0.2) is 61.5 Å². The molecule has 0 aromatic heterocycles. The van der Waals surface area contributed by atoms with Crippen LogP contribution in [0.4, 0.5) is 5.69 Å². The maximum atomic E-state index is 12.3. The second-order valence-electron chi connectivity index (χ2n) is 8.88. The third-order valence-electron chi connectivity index (χ3n) is 6.41. The molecule has 1 fully saturated rings. The maximum absolute atomic E-state index is 12.3. The average Bonchev–Trinajstić information content (AvgIpc) is 2.82. The smallest absolute Gasteiger partial charge is 0.253 e. The molecule has 1 aliphatic heterocycles. The van der Waals surface area contributed by atoms with Gasteiger partial charge in [0.05, 0.1) is 11.6 Å². The topological polar surface area (TPSA) is 76.6 Å². The average molecular weight is 434 g/mol. The Morgan fingerprint density at radius 1 is 1.19 bits per heavy atom. The normalized spacial score (nSPS) is 15.7. The van der Waals surface area contributed by atoms with Crippen molar-refractivity contribution in [3.05, 3.63) is 65.2 Å². The molecule has 0 aliphatic carbocycles. The van der Waals surface area contributed by atoms with E-state index in [0.29, 0.717) is 23.2 Å². The number of piperidine rings is 1. The summed E-state index contributed by atoms with van der Waals surface area (Å²) in [4.78, 5) is 18.9. The minimum Gasteiger partial charge on any atom is -0.364 e. The summed E-state index contributed by atoms with van der Waals surface area (Å²) in [7, 11) is 3.54. The van der Waals surface area contributed by atoms with Crippen LogP contribution in [0, 0.1) is 11.3 Å². The summed E-state index contributed by atoms with van der Waals surface area (Å²) >= 11 is 0. The number of carbonyl (C=O) groups excluding carboxylic acids is 1. The fourth-order valence-electron chi connectivity index (χ4n) is 4.48. The molecule has 170 valence electrons. The molecule has 0 spiro atoms. The molecular formula is C26H35N5O. The van der Waals surface area contributed by atoms with E-state index in [9.17, 15) is 10.1 Å². The molecular weight excluding hydrogens is 398 g/mol. The second-order valence-corrected chi connectivity index (χ2v) is 8.88. The fraction of sp³-hybridized carbons (Fsp3) is 0.462. The zero-order valence-electron chi connectivity index (χ0n) is 19.5. The Morgan fingerprint density at radius 3 is 2.47 bits per heavy atom. The Balaban J connectivity index is 1.82. The third-order valence-corrected chi connectivity index (χ3v) is 6.41. The SMILES string of the molecule is CC(CCN)N1CCC(N(Cc2cccc(C#N)c2)c2ccc(C(=O)N(C)C)cc2)CC1. The minimum absolute atomic E-state index is 0.00650. The largest absolute Gasteiger partial charge is 0.364 e. The van der Waals surface area contributed by atoms with Crippen molar-refractivity contribution in [2.75, 3.05) is 38.6 Å². The van der Waals surface area contributed by atoms with Crippen molar-refractivity contribution in [2.24, 2.45) is 5.73 Å². The number of likely N-dealkylation sites (tertiary alicyclic amines) is 1. The summed E-state index contributed by atoms with van der Waals surface area (Å²) < 4.78 is 0. The number of rotatable bonds is 8. The first-order valence-electron chi connectivity index (χ1n) is 11.4. The molecule has 2 N–H and O–H groups in total. The molecule has 0 radical (unpaired) electrons. The molecule has 2 aromatic carbocycles. The number of hydrogen-bond acceptors (Lipinski definition) is 5. The first kappa shape index (κ1) is 23.8. The Kier molecular flexibility index (Phi) is 8.26. The number of carbonyl (C=O) groups is 1. The van der Waals surface area contributed by atoms with Crippen molar-refractivity contribution in [1.29, 1.82) is 5.26 Å². The summed E-state index contributed by atoms with van der Waals surface area (Å²) in [5, 5.41) is 9.30. The van der Waals surface area contributed by atoms with Gasteiger partial charge in [-0.05, 0) is 74.7 Å². The lowest BCUT2D eigenvalue weighted by Gasteiger charge is -2.42. The second kappa shape index (κ2) is 11.1. The molecule has 1 unspecified atom stereocenters. The van der Waals surface area contributed by atoms with Crippen LogP contribution >= 0.6 is 0 Å². The highest BCUT2D eigenvalue weighted by molar-refractivity contribution is 5.94. The van der Waals surface area contributed by atoms with E-state index < -0.39 is 0 Å². The van der Waals surface area contributed by atoms with Crippen molar-refractivity contribution < 1.29 is 4.79 Å². The van der Waals surface area contributed by atoms with Gasteiger partial charge < -0.3 is 20.4 Å². The van der Waals surface area contributed by atoms with Crippen molar-refractivity contribution in [3.8, 4) is 6.07 Å². The summed E-state index contributed by atoms with van der Waals surface area (Å²) in [5.74, 6) is 0.00650. The Labute approximate surface area is 192 Å². The molecule has 6 heteroatoms. The number of nitrogens with zero attached hydrogens (tertiary/aromatic N) is 4. The van der Waals surface area contributed by atoms with Crippen molar-refractivity contribution in [2.45, 2.75) is 44.8 Å². The van der Waals surface area contributed by atoms with E-state index in [1.807, 2.05) is 42.5 Å². The molecule has 1 atom stereocenters. The van der Waals surface area contributed by atoms with Crippen LogP contribution in [0.25, 0.3) is 0 Å². The quantitative estimate of drug-likeness (QED) is 0.690. The number of nitrogens with two attached hydrogens (primary N) is 1. The predicted octanol–water partition coefficient (Wildman–Crippen LogP) is 3.47. The maximum Gasteiger partial charge on any atom is 0.253 e. The van der Waals surface area contributed by atoms with Gasteiger partial charge in [-0.2, -0.15) is 5.26 Å². The van der Waals surface area contributed by atoms with Crippen LogP contribution in [0.3, 0.4) is 0 Å². The van der Waals surface area contributed by atoms with Crippen LogP contribution in [-0.2, 0) is 6.54 Å². The van der Waals surface area contributed by atoms with Crippen LogP contribution in [0.2, 0.25) is 0 Å². The molecule has 1 aliphatic rings. The lowest BCUT2D eigenvalue weighted by molar-refractivity contribution is 0.0827. The highest BCUT2D eigenvalue weighted by atomic mass is 16.2. The number of benzene rings is 2. The van der Waals surface area contributed by atoms with Gasteiger partial charge in [0.15, 0.2) is 0 Å². The van der Waals surface area contributed by atoms with Gasteiger partial charge in [0.25, 0.3) is 5.91 Å². The summed E-state index contributed by atoms with van der Waals surface area (Å²) in [6.45, 7) is 5.83. The van der Waals surface area contributed by atoms with Crippen molar-refractivity contribution in [3.63, 3.8) is 0 Å². The Morgan fingerprint density at radius 2 is 1.88 bits per heavy atom. The minimum atomic E-state index is 0.00650. The lowest BCUT2D eigenvalue weighted by atomic mass is 9.98. The van der Waals surface area contributed by atoms with Crippen LogP contribution in [0.5, 0.6) is 0 Å². The van der Waals surface area contributed by atoms with Gasteiger partial charge in [0.1, 0.15) is 0 Å². The predicted molar refractivity (Wildman–Crippen MR) is 130 cm³/mol. The summed E-state index contributed by atoms with van der Waals surface area (Å²) in [6.07, 6.45) is 3.17. The summed E-state index contributed by atoms with van der Waals surface area (Å²) in [6, 6.07) is 18.9. The molecule has 6 nitrogen and oxygen atoms in total. The number of nitriles is 1. The zero-order valence-corrected chi connectivity index (χ0v) is 19.5. The molecule has 2 aromatic rings. The van der Waals surface area contributed by atoms with Gasteiger partial charge in [-0.3, -0.25) is 4.79 Å². The van der Waals surface area contributed by atoms with E-state index in [4.69, 9.17) is 5.73 Å². The Bertz CT molecular complexity index is 926. The van der Waals surface area contributed by atoms with Gasteiger partial charge in [-0.25, -0.2) is 0 Å². The fourth-order valence-corrected chi connectivity index (χ4v) is 4.48. The van der Waals surface area contributed by atoms with Gasteiger partial charge in [0, 0.05) is 57.1 Å². The van der Waals surface area contributed by atoms with E-state index >= 15 is 0 Å². The molecule has 3 rings (SSSR count). The van der Waals surface area contributed by atoms with Gasteiger partial charge in [-0.1, -0.05) is 12.1 Å². The molecule has 0 bridgehead atoms. The van der Waals surface area contributed by atoms with Crippen LogP contribution < -0.4 is 10.6 Å². The Hall–Kier alpha value is -2.88. The first-order chi connectivity index (χ1) is 15.4. The van der Waals surface area contributed by atoms with Gasteiger partial charge in [0.2, 0.25) is 0 Å². The highest BCUT2D eigenvalue weighted by Crippen LogP contribution is 2.27. The van der Waals surface area contributed by atoms with Gasteiger partial charge >= 0.3 is 0 Å². The molecule has 1 amide bonds. The van der Waals surface area contributed by atoms with E-state index in [2.05, 4.69) is 28.9 Å². The first-order valence-corrected chi connectivity index (χ1v) is 11.4. The van der Waals surface area contributed by atoms with E-state index in [1.54, 1.807) is 19.0 Å². The monoisotopic (exact) mass is 433 g/mol. The van der Waals surface area contributed by atoms with Gasteiger partial charge in [-0.15, -0.1) is 0 Å². The highest BCUT2D eigenvalue weighted by Gasteiger charge is 2.27. The summed E-state index contributed by atoms with van der Waals surface area (Å²) in [5.41, 5.74) is 9.36. The third kappa shape index (κ3) is 5.87. The van der Waals surface area contributed by atoms with Crippen molar-refractivity contribution in [1.82, 2.24) is 9.80 Å². The molecule has 1 heterocycles. The molecule has 32 heavy (non-hydrogen) atoms. The van der Waals surface area contributed by atoms with Crippen LogP contribution in [0.15, 0.2) is 48.5 Å². The van der Waals surface area contributed by atoms with Crippen LogP contribution in [0.1, 0.15) is 47.7 Å². The zero-order chi connectivity index (χ0) is 23.1. The van der Waals surface area contributed by atoms with Crippen molar-refractivity contribution >= 4 is 11.6 Å². The standard InChI is InChI=1S/C26H35N5O/c1-20(11-14-27)30-15-12-25(13-16-30)31(19-22-6-4-5-21(17-22)18-28)24-9-7-23(8-10-24)26(32)29(2)3/h4-10,17,20,25H,11-16,19,27H2,1-3H3.